The van der Waals surface area contributed by atoms with Crippen LogP contribution in [0.4, 0.5) is 0 Å². The van der Waals surface area contributed by atoms with Crippen LogP contribution in [0.1, 0.15) is 25.7 Å². The van der Waals surface area contributed by atoms with Gasteiger partial charge in [0.05, 0.1) is 21.5 Å². The molecule has 4 unspecified atom stereocenters. The predicted molar refractivity (Wildman–Crippen MR) is 96.9 cm³/mol. The Morgan fingerprint density at radius 3 is 2.22 bits per heavy atom. The number of aliphatic hydroxyl groups excluding tert-OH is 1. The molecule has 1 N–H and O–H groups in total. The highest BCUT2D eigenvalue weighted by atomic mass is 32.2. The van der Waals surface area contributed by atoms with Crippen molar-refractivity contribution in [1.29, 1.82) is 0 Å². The summed E-state index contributed by atoms with van der Waals surface area (Å²) in [5, 5.41) is 10.5. The molecule has 1 aliphatic rings. The lowest BCUT2D eigenvalue weighted by molar-refractivity contribution is 0.0775. The molecule has 0 radical (unpaired) electrons. The van der Waals surface area contributed by atoms with Crippen molar-refractivity contribution in [3.8, 4) is 0 Å². The summed E-state index contributed by atoms with van der Waals surface area (Å²) in [6, 6.07) is 19.7. The van der Waals surface area contributed by atoms with Crippen molar-refractivity contribution in [3.05, 3.63) is 60.7 Å². The minimum Gasteiger partial charge on any atom is -0.393 e. The molecule has 2 aromatic carbocycles. The van der Waals surface area contributed by atoms with Gasteiger partial charge in [-0.3, -0.25) is 4.21 Å². The van der Waals surface area contributed by atoms with E-state index in [2.05, 4.69) is 12.1 Å². The molecule has 0 amide bonds. The van der Waals surface area contributed by atoms with Gasteiger partial charge in [0.15, 0.2) is 0 Å². The molecular formula is C19H22O2S2. The van der Waals surface area contributed by atoms with Crippen LogP contribution in [0, 0.1) is 5.92 Å². The molecule has 4 heteroatoms. The molecule has 2 aromatic rings. The maximum absolute atomic E-state index is 13.2. The van der Waals surface area contributed by atoms with Crippen molar-refractivity contribution in [2.45, 2.75) is 46.2 Å². The number of hydrogen-bond donors (Lipinski definition) is 1. The van der Waals surface area contributed by atoms with Gasteiger partial charge >= 0.3 is 0 Å². The lowest BCUT2D eigenvalue weighted by atomic mass is 9.88. The lowest BCUT2D eigenvalue weighted by Gasteiger charge is -2.33. The maximum Gasteiger partial charge on any atom is 0.0947 e. The standard InChI is InChI=1S/C19H22O2S2/c20-18-14-8-7-13-17(18)19(22-15-9-3-1-4-10-15)23(21)16-11-5-2-6-12-16/h1-6,9-12,17-20H,7-8,13-14H2. The van der Waals surface area contributed by atoms with E-state index in [0.717, 1.165) is 35.5 Å². The molecule has 23 heavy (non-hydrogen) atoms. The van der Waals surface area contributed by atoms with Crippen molar-refractivity contribution < 1.29 is 9.32 Å². The molecular weight excluding hydrogens is 324 g/mol. The van der Waals surface area contributed by atoms with Gasteiger partial charge in [0.1, 0.15) is 0 Å². The maximum atomic E-state index is 13.2. The van der Waals surface area contributed by atoms with E-state index in [1.165, 1.54) is 0 Å². The van der Waals surface area contributed by atoms with Crippen LogP contribution in [0.25, 0.3) is 0 Å². The number of aliphatic hydroxyl groups is 1. The molecule has 0 aliphatic heterocycles. The first-order valence-corrected chi connectivity index (χ1v) is 10.2. The van der Waals surface area contributed by atoms with E-state index in [1.54, 1.807) is 11.8 Å². The summed E-state index contributed by atoms with van der Waals surface area (Å²) in [5.41, 5.74) is 0. The van der Waals surface area contributed by atoms with Crippen LogP contribution in [0.5, 0.6) is 0 Å². The Morgan fingerprint density at radius 2 is 1.57 bits per heavy atom. The number of thioether (sulfide) groups is 1. The SMILES string of the molecule is O=S(c1ccccc1)C(Sc1ccccc1)C1CCCCC1O. The summed E-state index contributed by atoms with van der Waals surface area (Å²) in [7, 11) is -1.14. The molecule has 0 spiro atoms. The topological polar surface area (TPSA) is 37.3 Å². The van der Waals surface area contributed by atoms with E-state index in [-0.39, 0.29) is 16.6 Å². The third kappa shape index (κ3) is 4.25. The minimum absolute atomic E-state index is 0.0787. The van der Waals surface area contributed by atoms with E-state index >= 15 is 0 Å². The van der Waals surface area contributed by atoms with Crippen LogP contribution in [0.3, 0.4) is 0 Å². The zero-order chi connectivity index (χ0) is 16.1. The van der Waals surface area contributed by atoms with Gasteiger partial charge in [-0.2, -0.15) is 0 Å². The highest BCUT2D eigenvalue weighted by Gasteiger charge is 2.35. The lowest BCUT2D eigenvalue weighted by Crippen LogP contribution is -2.35. The fourth-order valence-electron chi connectivity index (χ4n) is 3.07. The summed E-state index contributed by atoms with van der Waals surface area (Å²) in [5.74, 6) is 0.0787. The van der Waals surface area contributed by atoms with Crippen molar-refractivity contribution >= 4 is 22.6 Å². The number of rotatable bonds is 5. The Morgan fingerprint density at radius 1 is 0.957 bits per heavy atom. The van der Waals surface area contributed by atoms with Gasteiger partial charge in [-0.25, -0.2) is 0 Å². The number of benzene rings is 2. The molecule has 2 nitrogen and oxygen atoms in total. The Labute approximate surface area is 144 Å². The molecule has 1 aliphatic carbocycles. The van der Waals surface area contributed by atoms with Crippen LogP contribution in [0.2, 0.25) is 0 Å². The summed E-state index contributed by atoms with van der Waals surface area (Å²) < 4.78 is 13.1. The Hall–Kier alpha value is -1.10. The van der Waals surface area contributed by atoms with Gasteiger partial charge in [0.25, 0.3) is 0 Å². The van der Waals surface area contributed by atoms with Gasteiger partial charge in [0, 0.05) is 15.7 Å². The summed E-state index contributed by atoms with van der Waals surface area (Å²) >= 11 is 1.64. The van der Waals surface area contributed by atoms with Gasteiger partial charge in [-0.1, -0.05) is 49.2 Å². The smallest absolute Gasteiger partial charge is 0.0947 e. The first-order chi connectivity index (χ1) is 11.3. The molecule has 4 atom stereocenters. The van der Waals surface area contributed by atoms with Gasteiger partial charge in [0.2, 0.25) is 0 Å². The van der Waals surface area contributed by atoms with Gasteiger partial charge in [-0.05, 0) is 37.1 Å². The van der Waals surface area contributed by atoms with Crippen molar-refractivity contribution in [3.63, 3.8) is 0 Å². The van der Waals surface area contributed by atoms with E-state index in [0.29, 0.717) is 0 Å². The van der Waals surface area contributed by atoms with E-state index < -0.39 is 10.8 Å². The van der Waals surface area contributed by atoms with E-state index in [9.17, 15) is 9.32 Å². The van der Waals surface area contributed by atoms with Crippen molar-refractivity contribution in [2.75, 3.05) is 0 Å². The quantitative estimate of drug-likeness (QED) is 0.812. The largest absolute Gasteiger partial charge is 0.393 e. The van der Waals surface area contributed by atoms with Crippen LogP contribution in [0.15, 0.2) is 70.5 Å². The first kappa shape index (κ1) is 16.7. The van der Waals surface area contributed by atoms with Crippen LogP contribution in [-0.2, 0) is 10.8 Å². The average Bonchev–Trinajstić information content (AvgIpc) is 2.61. The molecule has 122 valence electrons. The predicted octanol–water partition coefficient (Wildman–Crippen LogP) is 4.46. The molecule has 0 saturated heterocycles. The molecule has 3 rings (SSSR count). The fourth-order valence-corrected chi connectivity index (χ4v) is 6.49. The fraction of sp³-hybridized carbons (Fsp3) is 0.368. The van der Waals surface area contributed by atoms with Crippen molar-refractivity contribution in [2.24, 2.45) is 5.92 Å². The third-order valence-corrected chi connectivity index (χ3v) is 7.76. The van der Waals surface area contributed by atoms with Crippen LogP contribution in [-0.4, -0.2) is 20.0 Å². The zero-order valence-corrected chi connectivity index (χ0v) is 14.6. The highest BCUT2D eigenvalue weighted by Crippen LogP contribution is 2.39. The normalized spacial score (nSPS) is 24.0. The molecule has 0 heterocycles. The summed E-state index contributed by atoms with van der Waals surface area (Å²) in [4.78, 5) is 1.96. The van der Waals surface area contributed by atoms with E-state index in [4.69, 9.17) is 0 Å². The summed E-state index contributed by atoms with van der Waals surface area (Å²) in [6.45, 7) is 0. The molecule has 0 bridgehead atoms. The van der Waals surface area contributed by atoms with Crippen LogP contribution < -0.4 is 0 Å². The Bertz CT molecular complexity index is 630. The van der Waals surface area contributed by atoms with Gasteiger partial charge < -0.3 is 5.11 Å². The molecule has 1 fully saturated rings. The second-order valence-electron chi connectivity index (χ2n) is 5.93. The van der Waals surface area contributed by atoms with Gasteiger partial charge in [-0.15, -0.1) is 11.8 Å². The summed E-state index contributed by atoms with van der Waals surface area (Å²) in [6.07, 6.45) is 3.60. The van der Waals surface area contributed by atoms with Crippen molar-refractivity contribution in [1.82, 2.24) is 0 Å². The highest BCUT2D eigenvalue weighted by molar-refractivity contribution is 8.11. The Balaban J connectivity index is 1.87. The average molecular weight is 347 g/mol. The number of hydrogen-bond acceptors (Lipinski definition) is 3. The minimum atomic E-state index is -1.14. The van der Waals surface area contributed by atoms with E-state index in [1.807, 2.05) is 48.5 Å². The third-order valence-electron chi connectivity index (χ3n) is 4.31. The monoisotopic (exact) mass is 346 g/mol. The molecule has 1 saturated carbocycles. The van der Waals surface area contributed by atoms with Crippen LogP contribution >= 0.6 is 11.8 Å². The Kier molecular flexibility index (Phi) is 5.92. The zero-order valence-electron chi connectivity index (χ0n) is 13.0. The molecule has 0 aromatic heterocycles. The second-order valence-corrected chi connectivity index (χ2v) is 9.01. The second kappa shape index (κ2) is 8.13. The first-order valence-electron chi connectivity index (χ1n) is 8.11.